The van der Waals surface area contributed by atoms with Gasteiger partial charge in [-0.25, -0.2) is 4.39 Å². The molecule has 1 N–H and O–H groups in total. The summed E-state index contributed by atoms with van der Waals surface area (Å²) in [6.07, 6.45) is 0.597. The van der Waals surface area contributed by atoms with Gasteiger partial charge in [-0.15, -0.1) is 0 Å². The summed E-state index contributed by atoms with van der Waals surface area (Å²) in [4.78, 5) is 0. The minimum Gasteiger partial charge on any atom is -0.466 e. The van der Waals surface area contributed by atoms with Crippen LogP contribution >= 0.6 is 15.9 Å². The van der Waals surface area contributed by atoms with Gasteiger partial charge in [-0.1, -0.05) is 22.9 Å². The number of halogens is 2. The summed E-state index contributed by atoms with van der Waals surface area (Å²) in [7, 11) is 0. The van der Waals surface area contributed by atoms with E-state index < -0.39 is 0 Å². The second kappa shape index (κ2) is 6.75. The molecular formula is C17H21BrFNO. The lowest BCUT2D eigenvalue weighted by molar-refractivity contribution is 0.481. The highest BCUT2D eigenvalue weighted by atomic mass is 79.9. The standard InChI is InChI=1S/C17H21BrFNO/c1-5-20-16(17-10(2)11(3)21-12(17)4)9-13-8-14(18)6-7-15(13)19/h6-8,16,20H,5,9H2,1-4H3. The third-order valence-corrected chi connectivity index (χ3v) is 4.34. The monoisotopic (exact) mass is 353 g/mol. The Labute approximate surface area is 133 Å². The van der Waals surface area contributed by atoms with Gasteiger partial charge in [0, 0.05) is 16.1 Å². The Morgan fingerprint density at radius 1 is 1.24 bits per heavy atom. The van der Waals surface area contributed by atoms with Crippen LogP contribution in [0.5, 0.6) is 0 Å². The minimum atomic E-state index is -0.170. The third kappa shape index (κ3) is 3.55. The minimum absolute atomic E-state index is 0.0521. The van der Waals surface area contributed by atoms with Gasteiger partial charge in [0.25, 0.3) is 0 Å². The fourth-order valence-electron chi connectivity index (χ4n) is 2.76. The highest BCUT2D eigenvalue weighted by molar-refractivity contribution is 9.10. The zero-order chi connectivity index (χ0) is 15.6. The van der Waals surface area contributed by atoms with Crippen LogP contribution in [0.1, 0.15) is 41.2 Å². The average molecular weight is 354 g/mol. The molecule has 2 rings (SSSR count). The van der Waals surface area contributed by atoms with Crippen LogP contribution in [0.2, 0.25) is 0 Å². The van der Waals surface area contributed by atoms with Crippen molar-refractivity contribution in [2.75, 3.05) is 6.54 Å². The van der Waals surface area contributed by atoms with E-state index in [1.165, 1.54) is 6.07 Å². The molecule has 114 valence electrons. The highest BCUT2D eigenvalue weighted by Crippen LogP contribution is 2.30. The first-order valence-electron chi connectivity index (χ1n) is 7.17. The molecule has 1 unspecified atom stereocenters. The average Bonchev–Trinajstić information content (AvgIpc) is 2.67. The van der Waals surface area contributed by atoms with Gasteiger partial charge in [-0.2, -0.15) is 0 Å². The van der Waals surface area contributed by atoms with E-state index in [0.717, 1.165) is 33.7 Å². The van der Waals surface area contributed by atoms with Gasteiger partial charge in [0.1, 0.15) is 17.3 Å². The quantitative estimate of drug-likeness (QED) is 0.817. The van der Waals surface area contributed by atoms with E-state index in [0.29, 0.717) is 12.0 Å². The molecule has 0 aliphatic heterocycles. The molecule has 1 aromatic heterocycles. The molecule has 0 fully saturated rings. The molecule has 0 saturated heterocycles. The van der Waals surface area contributed by atoms with E-state index in [1.807, 2.05) is 19.9 Å². The Morgan fingerprint density at radius 2 is 1.95 bits per heavy atom. The van der Waals surface area contributed by atoms with E-state index in [1.54, 1.807) is 6.07 Å². The fourth-order valence-corrected chi connectivity index (χ4v) is 3.17. The Kier molecular flexibility index (Phi) is 5.22. The summed E-state index contributed by atoms with van der Waals surface area (Å²) in [5.41, 5.74) is 3.00. The molecule has 0 bridgehead atoms. The van der Waals surface area contributed by atoms with Crippen molar-refractivity contribution in [1.82, 2.24) is 5.32 Å². The van der Waals surface area contributed by atoms with Crippen LogP contribution in [0.15, 0.2) is 27.1 Å². The van der Waals surface area contributed by atoms with Crippen molar-refractivity contribution in [3.05, 3.63) is 56.7 Å². The molecule has 0 saturated carbocycles. The Morgan fingerprint density at radius 3 is 2.52 bits per heavy atom. The summed E-state index contributed by atoms with van der Waals surface area (Å²) in [6.45, 7) is 8.87. The van der Waals surface area contributed by atoms with Crippen molar-refractivity contribution in [1.29, 1.82) is 0 Å². The maximum absolute atomic E-state index is 14.0. The second-order valence-electron chi connectivity index (χ2n) is 5.30. The van der Waals surface area contributed by atoms with Crippen LogP contribution < -0.4 is 5.32 Å². The lowest BCUT2D eigenvalue weighted by Crippen LogP contribution is -2.24. The number of furan rings is 1. The number of aryl methyl sites for hydroxylation is 2. The van der Waals surface area contributed by atoms with Crippen LogP contribution in [0, 0.1) is 26.6 Å². The smallest absolute Gasteiger partial charge is 0.126 e. The second-order valence-corrected chi connectivity index (χ2v) is 6.22. The topological polar surface area (TPSA) is 25.2 Å². The number of hydrogen-bond acceptors (Lipinski definition) is 2. The molecule has 0 aliphatic rings. The molecule has 0 aliphatic carbocycles. The normalized spacial score (nSPS) is 12.7. The molecule has 4 heteroatoms. The molecule has 1 atom stereocenters. The molecule has 21 heavy (non-hydrogen) atoms. The van der Waals surface area contributed by atoms with E-state index in [-0.39, 0.29) is 11.9 Å². The maximum atomic E-state index is 14.0. The first-order chi connectivity index (χ1) is 9.93. The van der Waals surface area contributed by atoms with Gasteiger partial charge in [0.2, 0.25) is 0 Å². The van der Waals surface area contributed by atoms with E-state index in [9.17, 15) is 4.39 Å². The summed E-state index contributed by atoms with van der Waals surface area (Å²) in [5, 5.41) is 3.45. The number of rotatable bonds is 5. The predicted molar refractivity (Wildman–Crippen MR) is 87.1 cm³/mol. The lowest BCUT2D eigenvalue weighted by Gasteiger charge is -2.19. The largest absolute Gasteiger partial charge is 0.466 e. The van der Waals surface area contributed by atoms with Gasteiger partial charge in [-0.3, -0.25) is 0 Å². The fraction of sp³-hybridized carbons (Fsp3) is 0.412. The first kappa shape index (κ1) is 16.2. The maximum Gasteiger partial charge on any atom is 0.126 e. The number of benzene rings is 1. The zero-order valence-electron chi connectivity index (χ0n) is 12.9. The van der Waals surface area contributed by atoms with Crippen molar-refractivity contribution < 1.29 is 8.81 Å². The Balaban J connectivity index is 2.37. The third-order valence-electron chi connectivity index (χ3n) is 3.85. The van der Waals surface area contributed by atoms with Gasteiger partial charge >= 0.3 is 0 Å². The van der Waals surface area contributed by atoms with Crippen molar-refractivity contribution in [2.45, 2.75) is 40.2 Å². The van der Waals surface area contributed by atoms with Crippen molar-refractivity contribution in [2.24, 2.45) is 0 Å². The lowest BCUT2D eigenvalue weighted by atomic mass is 9.95. The highest BCUT2D eigenvalue weighted by Gasteiger charge is 2.22. The van der Waals surface area contributed by atoms with E-state index >= 15 is 0 Å². The molecule has 0 amide bonds. The molecule has 0 spiro atoms. The molecule has 2 nitrogen and oxygen atoms in total. The van der Waals surface area contributed by atoms with E-state index in [4.69, 9.17) is 4.42 Å². The van der Waals surface area contributed by atoms with Crippen LogP contribution in [0.3, 0.4) is 0 Å². The van der Waals surface area contributed by atoms with Gasteiger partial charge in [0.15, 0.2) is 0 Å². The summed E-state index contributed by atoms with van der Waals surface area (Å²) in [5.74, 6) is 1.67. The van der Waals surface area contributed by atoms with Gasteiger partial charge < -0.3 is 9.73 Å². The van der Waals surface area contributed by atoms with Crippen LogP contribution in [0.4, 0.5) is 4.39 Å². The summed E-state index contributed by atoms with van der Waals surface area (Å²) in [6, 6.07) is 5.12. The number of nitrogens with one attached hydrogen (secondary N) is 1. The SMILES string of the molecule is CCNC(Cc1cc(Br)ccc1F)c1c(C)oc(C)c1C. The Hall–Kier alpha value is -1.13. The number of hydrogen-bond donors (Lipinski definition) is 1. The predicted octanol–water partition coefficient (Wildman–Crippen LogP) is 5.00. The van der Waals surface area contributed by atoms with Gasteiger partial charge in [-0.05, 0) is 63.1 Å². The molecule has 0 radical (unpaired) electrons. The van der Waals surface area contributed by atoms with Crippen LogP contribution in [0.25, 0.3) is 0 Å². The number of likely N-dealkylation sites (N-methyl/N-ethyl adjacent to an activating group) is 1. The van der Waals surface area contributed by atoms with E-state index in [2.05, 4.69) is 35.1 Å². The first-order valence-corrected chi connectivity index (χ1v) is 7.97. The molecule has 1 heterocycles. The van der Waals surface area contributed by atoms with Crippen LogP contribution in [-0.2, 0) is 6.42 Å². The molecular weight excluding hydrogens is 333 g/mol. The van der Waals surface area contributed by atoms with Crippen LogP contribution in [-0.4, -0.2) is 6.54 Å². The van der Waals surface area contributed by atoms with Crippen molar-refractivity contribution >= 4 is 15.9 Å². The Bertz CT molecular complexity index is 636. The zero-order valence-corrected chi connectivity index (χ0v) is 14.5. The molecule has 1 aromatic carbocycles. The van der Waals surface area contributed by atoms with Crippen molar-refractivity contribution in [3.63, 3.8) is 0 Å². The van der Waals surface area contributed by atoms with Crippen molar-refractivity contribution in [3.8, 4) is 0 Å². The molecule has 2 aromatic rings. The van der Waals surface area contributed by atoms with Gasteiger partial charge in [0.05, 0.1) is 0 Å². The summed E-state index contributed by atoms with van der Waals surface area (Å²) >= 11 is 3.41. The summed E-state index contributed by atoms with van der Waals surface area (Å²) < 4.78 is 20.6.